The quantitative estimate of drug-likeness (QED) is 0.791. The van der Waals surface area contributed by atoms with Crippen molar-refractivity contribution in [3.63, 3.8) is 0 Å². The monoisotopic (exact) mass is 291 g/mol. The van der Waals surface area contributed by atoms with Gasteiger partial charge in [0.1, 0.15) is 5.82 Å². The molecule has 2 aromatic rings. The van der Waals surface area contributed by atoms with Crippen LogP contribution in [0.25, 0.3) is 10.1 Å². The van der Waals surface area contributed by atoms with E-state index in [0.717, 1.165) is 23.6 Å². The second-order valence-corrected chi connectivity index (χ2v) is 6.92. The Hall–Kier alpha value is -0.930. The van der Waals surface area contributed by atoms with Crippen LogP contribution >= 0.6 is 11.3 Å². The van der Waals surface area contributed by atoms with Gasteiger partial charge in [0.2, 0.25) is 0 Å². The molecule has 1 saturated carbocycles. The van der Waals surface area contributed by atoms with Crippen LogP contribution in [-0.2, 0) is 0 Å². The minimum absolute atomic E-state index is 0.134. The van der Waals surface area contributed by atoms with E-state index in [1.54, 1.807) is 23.5 Å². The van der Waals surface area contributed by atoms with Crippen LogP contribution in [0.5, 0.6) is 0 Å². The van der Waals surface area contributed by atoms with E-state index in [2.05, 4.69) is 18.3 Å². The molecule has 1 fully saturated rings. The van der Waals surface area contributed by atoms with Crippen molar-refractivity contribution in [2.24, 2.45) is 5.92 Å². The SMILES string of the molecule is CCCNC(c1cc2ccc(F)cc2s1)C1CCCC1. The van der Waals surface area contributed by atoms with Crippen LogP contribution in [-0.4, -0.2) is 6.54 Å². The van der Waals surface area contributed by atoms with Gasteiger partial charge in [-0.1, -0.05) is 25.8 Å². The van der Waals surface area contributed by atoms with Gasteiger partial charge in [-0.3, -0.25) is 0 Å². The highest BCUT2D eigenvalue weighted by atomic mass is 32.1. The van der Waals surface area contributed by atoms with E-state index in [4.69, 9.17) is 0 Å². The first-order valence-corrected chi connectivity index (χ1v) is 8.52. The Morgan fingerprint density at radius 1 is 1.30 bits per heavy atom. The third-order valence-electron chi connectivity index (χ3n) is 4.29. The van der Waals surface area contributed by atoms with Crippen molar-refractivity contribution in [1.82, 2.24) is 5.32 Å². The van der Waals surface area contributed by atoms with E-state index >= 15 is 0 Å². The smallest absolute Gasteiger partial charge is 0.124 e. The van der Waals surface area contributed by atoms with E-state index in [9.17, 15) is 4.39 Å². The largest absolute Gasteiger partial charge is 0.309 e. The molecule has 1 nitrogen and oxygen atoms in total. The van der Waals surface area contributed by atoms with E-state index < -0.39 is 0 Å². The lowest BCUT2D eigenvalue weighted by molar-refractivity contribution is 0.373. The number of halogens is 1. The topological polar surface area (TPSA) is 12.0 Å². The lowest BCUT2D eigenvalue weighted by Gasteiger charge is -2.23. The summed E-state index contributed by atoms with van der Waals surface area (Å²) in [7, 11) is 0. The molecule has 1 aromatic carbocycles. The number of hydrogen-bond donors (Lipinski definition) is 1. The summed E-state index contributed by atoms with van der Waals surface area (Å²) in [6, 6.07) is 7.83. The average Bonchev–Trinajstić information content (AvgIpc) is 3.08. The fourth-order valence-electron chi connectivity index (χ4n) is 3.27. The van der Waals surface area contributed by atoms with Gasteiger partial charge < -0.3 is 5.32 Å². The molecule has 1 atom stereocenters. The molecule has 1 heterocycles. The maximum absolute atomic E-state index is 13.3. The first kappa shape index (κ1) is 14.0. The maximum atomic E-state index is 13.3. The third-order valence-corrected chi connectivity index (χ3v) is 5.47. The highest BCUT2D eigenvalue weighted by Gasteiger charge is 2.27. The highest BCUT2D eigenvalue weighted by molar-refractivity contribution is 7.19. The zero-order valence-electron chi connectivity index (χ0n) is 12.0. The van der Waals surface area contributed by atoms with Gasteiger partial charge in [-0.05, 0) is 55.3 Å². The summed E-state index contributed by atoms with van der Waals surface area (Å²) < 4.78 is 14.4. The summed E-state index contributed by atoms with van der Waals surface area (Å²) in [5.74, 6) is 0.615. The lowest BCUT2D eigenvalue weighted by atomic mass is 9.96. The average molecular weight is 291 g/mol. The van der Waals surface area contributed by atoms with E-state index in [0.29, 0.717) is 6.04 Å². The van der Waals surface area contributed by atoms with Crippen molar-refractivity contribution in [3.05, 3.63) is 35.0 Å². The standard InChI is InChI=1S/C17H22FNS/c1-2-9-19-17(12-5-3-4-6-12)16-10-13-7-8-14(18)11-15(13)20-16/h7-8,10-12,17,19H,2-6,9H2,1H3. The minimum atomic E-state index is -0.134. The van der Waals surface area contributed by atoms with Gasteiger partial charge in [0.25, 0.3) is 0 Å². The number of rotatable bonds is 5. The van der Waals surface area contributed by atoms with Crippen LogP contribution in [0.2, 0.25) is 0 Å². The number of hydrogen-bond acceptors (Lipinski definition) is 2. The molecule has 1 aromatic heterocycles. The van der Waals surface area contributed by atoms with Gasteiger partial charge in [0.15, 0.2) is 0 Å². The van der Waals surface area contributed by atoms with E-state index in [1.807, 2.05) is 6.07 Å². The Morgan fingerprint density at radius 2 is 2.10 bits per heavy atom. The molecule has 1 unspecified atom stereocenters. The van der Waals surface area contributed by atoms with Crippen LogP contribution in [0.15, 0.2) is 24.3 Å². The first-order chi connectivity index (χ1) is 9.78. The lowest BCUT2D eigenvalue weighted by Crippen LogP contribution is -2.27. The molecule has 0 bridgehead atoms. The van der Waals surface area contributed by atoms with Crippen molar-refractivity contribution in [2.75, 3.05) is 6.54 Å². The maximum Gasteiger partial charge on any atom is 0.124 e. The van der Waals surface area contributed by atoms with Crippen LogP contribution in [0.4, 0.5) is 4.39 Å². The van der Waals surface area contributed by atoms with E-state index in [-0.39, 0.29) is 5.82 Å². The van der Waals surface area contributed by atoms with Gasteiger partial charge >= 0.3 is 0 Å². The highest BCUT2D eigenvalue weighted by Crippen LogP contribution is 2.40. The molecule has 1 aliphatic carbocycles. The summed E-state index contributed by atoms with van der Waals surface area (Å²) in [4.78, 5) is 1.38. The molecule has 0 radical (unpaired) electrons. The minimum Gasteiger partial charge on any atom is -0.309 e. The summed E-state index contributed by atoms with van der Waals surface area (Å²) in [5, 5.41) is 4.89. The van der Waals surface area contributed by atoms with Crippen molar-refractivity contribution < 1.29 is 4.39 Å². The Bertz CT molecular complexity index is 571. The molecule has 108 valence electrons. The third kappa shape index (κ3) is 2.89. The Balaban J connectivity index is 1.90. The molecule has 1 aliphatic rings. The predicted molar refractivity (Wildman–Crippen MR) is 84.8 cm³/mol. The van der Waals surface area contributed by atoms with Crippen LogP contribution < -0.4 is 5.32 Å². The van der Waals surface area contributed by atoms with Crippen molar-refractivity contribution in [2.45, 2.75) is 45.1 Å². The van der Waals surface area contributed by atoms with Crippen molar-refractivity contribution >= 4 is 21.4 Å². The Labute approximate surface area is 124 Å². The van der Waals surface area contributed by atoms with Crippen LogP contribution in [0.1, 0.15) is 49.9 Å². The number of thiophene rings is 1. The molecule has 0 saturated heterocycles. The van der Waals surface area contributed by atoms with Gasteiger partial charge in [-0.25, -0.2) is 4.39 Å². The molecule has 0 spiro atoms. The normalized spacial score (nSPS) is 17.9. The molecule has 0 aliphatic heterocycles. The summed E-state index contributed by atoms with van der Waals surface area (Å²) in [5.41, 5.74) is 0. The van der Waals surface area contributed by atoms with Gasteiger partial charge in [-0.15, -0.1) is 11.3 Å². The fourth-order valence-corrected chi connectivity index (χ4v) is 4.53. The molecule has 1 N–H and O–H groups in total. The molecular weight excluding hydrogens is 269 g/mol. The molecule has 20 heavy (non-hydrogen) atoms. The summed E-state index contributed by atoms with van der Waals surface area (Å²) in [6.07, 6.45) is 6.51. The molecule has 3 heteroatoms. The van der Waals surface area contributed by atoms with Crippen molar-refractivity contribution in [3.8, 4) is 0 Å². The Morgan fingerprint density at radius 3 is 2.85 bits per heavy atom. The zero-order valence-corrected chi connectivity index (χ0v) is 12.8. The van der Waals surface area contributed by atoms with Crippen LogP contribution in [0.3, 0.4) is 0 Å². The second kappa shape index (κ2) is 6.23. The Kier molecular flexibility index (Phi) is 4.37. The number of benzene rings is 1. The fraction of sp³-hybridized carbons (Fsp3) is 0.529. The van der Waals surface area contributed by atoms with Gasteiger partial charge in [0.05, 0.1) is 0 Å². The summed E-state index contributed by atoms with van der Waals surface area (Å²) >= 11 is 1.75. The van der Waals surface area contributed by atoms with Crippen molar-refractivity contribution in [1.29, 1.82) is 0 Å². The molecule has 3 rings (SSSR count). The predicted octanol–water partition coefficient (Wildman–Crippen LogP) is 5.27. The number of fused-ring (bicyclic) bond motifs is 1. The molecule has 0 amide bonds. The summed E-state index contributed by atoms with van der Waals surface area (Å²) in [6.45, 7) is 3.27. The van der Waals surface area contributed by atoms with Gasteiger partial charge in [-0.2, -0.15) is 0 Å². The zero-order chi connectivity index (χ0) is 13.9. The molecular formula is C17H22FNS. The van der Waals surface area contributed by atoms with Crippen LogP contribution in [0, 0.1) is 11.7 Å². The first-order valence-electron chi connectivity index (χ1n) is 7.70. The van der Waals surface area contributed by atoms with Gasteiger partial charge in [0, 0.05) is 15.6 Å². The number of nitrogens with one attached hydrogen (secondary N) is 1. The second-order valence-electron chi connectivity index (χ2n) is 5.81. The van der Waals surface area contributed by atoms with E-state index in [1.165, 1.54) is 35.9 Å².